The molecule has 19 heteroatoms. The zero-order valence-corrected chi connectivity index (χ0v) is 70.8. The van der Waals surface area contributed by atoms with Gasteiger partial charge in [-0.25, -0.2) is 0 Å². The Morgan fingerprint density at radius 3 is 0.956 bits per heavy atom. The first kappa shape index (κ1) is 104. The highest BCUT2D eigenvalue weighted by Gasteiger charge is 2.54. The molecular weight excluding hydrogens is 1430 g/mol. The molecule has 0 aromatic heterocycles. The van der Waals surface area contributed by atoms with Crippen molar-refractivity contribution in [1.82, 2.24) is 5.32 Å². The molecule has 3 aliphatic rings. The molecule has 0 aromatic carbocycles. The van der Waals surface area contributed by atoms with E-state index in [9.17, 15) is 61.0 Å². The van der Waals surface area contributed by atoms with Gasteiger partial charge in [0.05, 0.1) is 38.6 Å². The van der Waals surface area contributed by atoms with Crippen molar-refractivity contribution in [2.75, 3.05) is 26.4 Å². The Balaban J connectivity index is 1.33. The SMILES string of the molecule is CC/C=C\C/C=C\C/C=C\C/C=C\C/C=C\C/C=C\C/C=C\CCCCCCCCCCCCCCCC(=O)NC(COC1OC(CO)C(OC2OC(CO)C(OC3OC(CO)C(O)C(O)C3O)C(O)C2O)C(O)C1O)C(O)/C=C/CCCCCCCCCCCCCCCCCCCCCCCCCCCCCCCCC. The standard InChI is InChI=1S/C94H167NO18/c1-3-5-7-9-11-13-15-17-19-21-23-25-27-29-31-33-35-37-38-40-42-44-46-48-50-52-54-56-58-60-62-64-66-68-70-72-82(100)95-77(78(99)71-69-67-65-63-61-59-57-55-53-51-49-47-45-43-41-39-36-34-32-30-28-26-24-22-20-18-16-14-12-10-8-6-4-2)76-108-92-88(106)85(103)90(80(74-97)110-92)113-94-89(107)86(104)91(81(75-98)111-94)112-93-87(105)84(102)83(101)79(73-96)109-93/h5,7,11,13,17,19,23,25,29,31,35,37,40,42,69,71,77-81,83-94,96-99,101-107H,3-4,6,8-10,12,14-16,18,20-22,24,26-28,30,32-34,36,38-39,41,43-68,70,72-76H2,1-2H3,(H,95,100)/b7-5-,13-11-,19-17-,25-23-,31-29-,37-35-,42-40-,71-69+. The van der Waals surface area contributed by atoms with Crippen LogP contribution in [-0.4, -0.2) is 193 Å². The summed E-state index contributed by atoms with van der Waals surface area (Å²) in [5, 5.41) is 121. The van der Waals surface area contributed by atoms with E-state index >= 15 is 0 Å². The van der Waals surface area contributed by atoms with Gasteiger partial charge < -0.3 is 89.9 Å². The molecule has 3 rings (SSSR count). The summed E-state index contributed by atoms with van der Waals surface area (Å²) in [6, 6.07) is -0.982. The Bertz CT molecular complexity index is 2420. The summed E-state index contributed by atoms with van der Waals surface area (Å²) in [6.07, 6.45) is 74.1. The van der Waals surface area contributed by atoms with Crippen LogP contribution in [0.2, 0.25) is 0 Å². The Kier molecular flexibility index (Phi) is 66.8. The molecule has 3 heterocycles. The van der Waals surface area contributed by atoms with Crippen LogP contribution in [0.1, 0.15) is 361 Å². The lowest BCUT2D eigenvalue weighted by Crippen LogP contribution is -2.66. The maximum absolute atomic E-state index is 13.5. The van der Waals surface area contributed by atoms with Crippen molar-refractivity contribution in [3.63, 3.8) is 0 Å². The summed E-state index contributed by atoms with van der Waals surface area (Å²) >= 11 is 0. The molecule has 656 valence electrons. The average Bonchev–Trinajstić information content (AvgIpc) is 0.780. The summed E-state index contributed by atoms with van der Waals surface area (Å²) in [6.45, 7) is 1.67. The van der Waals surface area contributed by atoms with Gasteiger partial charge in [-0.3, -0.25) is 4.79 Å². The van der Waals surface area contributed by atoms with Crippen molar-refractivity contribution in [1.29, 1.82) is 0 Å². The Morgan fingerprint density at radius 2 is 0.611 bits per heavy atom. The maximum Gasteiger partial charge on any atom is 0.220 e. The number of unbranched alkanes of at least 4 members (excludes halogenated alkanes) is 44. The molecule has 3 saturated heterocycles. The van der Waals surface area contributed by atoms with Crippen molar-refractivity contribution in [2.24, 2.45) is 0 Å². The smallest absolute Gasteiger partial charge is 0.220 e. The fraction of sp³-hybridized carbons (Fsp3) is 0.819. The predicted molar refractivity (Wildman–Crippen MR) is 457 cm³/mol. The van der Waals surface area contributed by atoms with Gasteiger partial charge in [-0.05, 0) is 77.0 Å². The molecule has 17 unspecified atom stereocenters. The highest BCUT2D eigenvalue weighted by molar-refractivity contribution is 5.76. The zero-order valence-electron chi connectivity index (χ0n) is 70.8. The first-order valence-corrected chi connectivity index (χ1v) is 46.0. The monoisotopic (exact) mass is 1600 g/mol. The third-order valence-corrected chi connectivity index (χ3v) is 22.4. The fourth-order valence-electron chi connectivity index (χ4n) is 15.1. The second-order valence-corrected chi connectivity index (χ2v) is 32.4. The number of rotatable bonds is 74. The predicted octanol–water partition coefficient (Wildman–Crippen LogP) is 17.9. The van der Waals surface area contributed by atoms with E-state index < -0.39 is 124 Å². The summed E-state index contributed by atoms with van der Waals surface area (Å²) < 4.78 is 34.5. The molecule has 0 aromatic rings. The van der Waals surface area contributed by atoms with Gasteiger partial charge in [0.1, 0.15) is 73.2 Å². The zero-order chi connectivity index (χ0) is 81.7. The lowest BCUT2D eigenvalue weighted by Gasteiger charge is -2.48. The number of carbonyl (C=O) groups excluding carboxylic acids is 1. The van der Waals surface area contributed by atoms with E-state index in [4.69, 9.17) is 28.4 Å². The Labute approximate surface area is 685 Å². The van der Waals surface area contributed by atoms with E-state index in [1.807, 2.05) is 6.08 Å². The number of aliphatic hydroxyl groups excluding tert-OH is 11. The molecule has 0 aliphatic carbocycles. The molecule has 12 N–H and O–H groups in total. The molecule has 19 nitrogen and oxygen atoms in total. The summed E-state index contributed by atoms with van der Waals surface area (Å²) in [5.74, 6) is -0.275. The molecule has 3 fully saturated rings. The van der Waals surface area contributed by atoms with Crippen LogP contribution in [0.5, 0.6) is 0 Å². The van der Waals surface area contributed by atoms with Gasteiger partial charge in [0, 0.05) is 6.42 Å². The number of hydrogen-bond donors (Lipinski definition) is 12. The van der Waals surface area contributed by atoms with Crippen molar-refractivity contribution in [3.05, 3.63) is 97.2 Å². The van der Waals surface area contributed by atoms with Gasteiger partial charge >= 0.3 is 0 Å². The van der Waals surface area contributed by atoms with Crippen LogP contribution < -0.4 is 5.32 Å². The first-order chi connectivity index (χ1) is 55.3. The van der Waals surface area contributed by atoms with E-state index in [2.05, 4.69) is 104 Å². The lowest BCUT2D eigenvalue weighted by atomic mass is 9.96. The van der Waals surface area contributed by atoms with Crippen LogP contribution in [0.4, 0.5) is 0 Å². The van der Waals surface area contributed by atoms with E-state index in [0.717, 1.165) is 96.3 Å². The largest absolute Gasteiger partial charge is 0.394 e. The third-order valence-electron chi connectivity index (χ3n) is 22.4. The summed E-state index contributed by atoms with van der Waals surface area (Å²) in [5.41, 5.74) is 0. The van der Waals surface area contributed by atoms with Gasteiger partial charge in [0.2, 0.25) is 5.91 Å². The molecular formula is C94H167NO18. The van der Waals surface area contributed by atoms with Crippen molar-refractivity contribution >= 4 is 5.91 Å². The molecule has 0 radical (unpaired) electrons. The molecule has 17 atom stereocenters. The average molecular weight is 1600 g/mol. The third kappa shape index (κ3) is 51.1. The van der Waals surface area contributed by atoms with E-state index in [-0.39, 0.29) is 18.9 Å². The molecule has 113 heavy (non-hydrogen) atoms. The highest BCUT2D eigenvalue weighted by Crippen LogP contribution is 2.34. The number of allylic oxidation sites excluding steroid dienone is 15. The summed E-state index contributed by atoms with van der Waals surface area (Å²) in [4.78, 5) is 13.5. The van der Waals surface area contributed by atoms with Gasteiger partial charge in [-0.2, -0.15) is 0 Å². The van der Waals surface area contributed by atoms with Crippen LogP contribution >= 0.6 is 0 Å². The van der Waals surface area contributed by atoms with Gasteiger partial charge in [-0.1, -0.05) is 374 Å². The number of nitrogens with one attached hydrogen (secondary N) is 1. The van der Waals surface area contributed by atoms with Crippen LogP contribution in [0.25, 0.3) is 0 Å². The first-order valence-electron chi connectivity index (χ1n) is 46.0. The van der Waals surface area contributed by atoms with Gasteiger partial charge in [-0.15, -0.1) is 0 Å². The minimum atomic E-state index is -1.98. The van der Waals surface area contributed by atoms with Crippen molar-refractivity contribution in [3.8, 4) is 0 Å². The van der Waals surface area contributed by atoms with Crippen molar-refractivity contribution < 1.29 is 89.4 Å². The maximum atomic E-state index is 13.5. The highest BCUT2D eigenvalue weighted by atomic mass is 16.8. The van der Waals surface area contributed by atoms with Crippen molar-refractivity contribution in [2.45, 2.75) is 465 Å². The quantitative estimate of drug-likeness (QED) is 0.0199. The minimum Gasteiger partial charge on any atom is -0.394 e. The van der Waals surface area contributed by atoms with Crippen LogP contribution in [0.3, 0.4) is 0 Å². The number of amides is 1. The van der Waals surface area contributed by atoms with Gasteiger partial charge in [0.25, 0.3) is 0 Å². The normalized spacial score (nSPS) is 25.3. The fourth-order valence-corrected chi connectivity index (χ4v) is 15.1. The topological polar surface area (TPSA) is 307 Å². The Hall–Kier alpha value is -3.29. The lowest BCUT2D eigenvalue weighted by molar-refractivity contribution is -0.379. The van der Waals surface area contributed by atoms with E-state index in [0.29, 0.717) is 6.42 Å². The number of carbonyl (C=O) groups is 1. The molecule has 0 bridgehead atoms. The van der Waals surface area contributed by atoms with E-state index in [1.54, 1.807) is 6.08 Å². The Morgan fingerprint density at radius 1 is 0.327 bits per heavy atom. The number of ether oxygens (including phenoxy) is 6. The molecule has 3 aliphatic heterocycles. The molecule has 0 saturated carbocycles. The number of hydrogen-bond acceptors (Lipinski definition) is 18. The molecule has 1 amide bonds. The van der Waals surface area contributed by atoms with Crippen LogP contribution in [0, 0.1) is 0 Å². The van der Waals surface area contributed by atoms with Gasteiger partial charge in [0.15, 0.2) is 18.9 Å². The molecule has 0 spiro atoms. The summed E-state index contributed by atoms with van der Waals surface area (Å²) in [7, 11) is 0. The van der Waals surface area contributed by atoms with E-state index in [1.165, 1.54) is 238 Å². The van der Waals surface area contributed by atoms with Crippen LogP contribution in [-0.2, 0) is 33.2 Å². The van der Waals surface area contributed by atoms with Crippen LogP contribution in [0.15, 0.2) is 97.2 Å². The second kappa shape index (κ2) is 72.7. The number of aliphatic hydroxyl groups is 11. The minimum absolute atomic E-state index is 0.238. The second-order valence-electron chi connectivity index (χ2n) is 32.4.